The van der Waals surface area contributed by atoms with Crippen LogP contribution in [0.5, 0.6) is 0 Å². The van der Waals surface area contributed by atoms with E-state index < -0.39 is 0 Å². The van der Waals surface area contributed by atoms with Crippen molar-refractivity contribution in [2.75, 3.05) is 26.4 Å². The van der Waals surface area contributed by atoms with E-state index in [9.17, 15) is 0 Å². The number of aromatic nitrogens is 3. The van der Waals surface area contributed by atoms with Crippen molar-refractivity contribution in [1.82, 2.24) is 15.0 Å². The summed E-state index contributed by atoms with van der Waals surface area (Å²) < 4.78 is 21.1. The van der Waals surface area contributed by atoms with Gasteiger partial charge in [0, 0.05) is 48.8 Å². The van der Waals surface area contributed by atoms with Crippen molar-refractivity contribution in [2.24, 2.45) is 58.2 Å². The Bertz CT molecular complexity index is 3960. The standard InChI is InChI=1S/C12H11Cl.C12H16.C12H12.C12H18.C10H18.C8H16.2C8H14.C7H9N.2C7H14O.C6H8N2.C6H12O2.3C2H6/c1-8-3-6-11-10(7-8)5-4-9(2)12(11)13;2*1-9-3-5-12-8-10(2)4-6-11(12)7-9;1-7-8(2)10(4)12(6)11(5)9(7)3;1-9-3-6-10(2,7-4-9)8-5-9;3*1-7-3-5-8(2)6-4-7;3*1-6-3-4-7(2)8-5-6;2*1-5-3-7-6(2)8-4-5;3*1-2/h3-7H,1-2H3;3,5,7,10H,4,6,8H2,1-2H3;3-8H,1-2H3;1-6H3;3-8H2,1-2H3;7-8H,3-6H2,1-2H3;2*3,8H,4-6H2,1-2H3;3-5H,1-2H3;2*6-7H,3-5H2,1-2H3;3-4H,1-2H3;5-6H,3-4H2,1-2H3;3*1-2H3. The van der Waals surface area contributed by atoms with E-state index in [0.717, 1.165) is 112 Å². The van der Waals surface area contributed by atoms with Gasteiger partial charge in [0.1, 0.15) is 5.82 Å². The lowest BCUT2D eigenvalue weighted by Gasteiger charge is -2.50. The third-order valence-corrected chi connectivity index (χ3v) is 27.9. The number of nitrogens with zero attached hydrogens (tertiary/aromatic N) is 3. The van der Waals surface area contributed by atoms with Crippen LogP contribution in [-0.4, -0.2) is 59.9 Å². The van der Waals surface area contributed by atoms with E-state index >= 15 is 0 Å². The zero-order chi connectivity index (χ0) is 97.1. The van der Waals surface area contributed by atoms with Crippen LogP contribution in [0.3, 0.4) is 0 Å². The predicted molar refractivity (Wildman–Crippen MR) is 571 cm³/mol. The monoisotopic (exact) mass is 1790 g/mol. The second-order valence-electron chi connectivity index (χ2n) is 40.8. The second-order valence-corrected chi connectivity index (χ2v) is 41.1. The first kappa shape index (κ1) is 119. The van der Waals surface area contributed by atoms with Gasteiger partial charge in [0.2, 0.25) is 0 Å². The van der Waals surface area contributed by atoms with Crippen molar-refractivity contribution in [3.63, 3.8) is 0 Å². The lowest BCUT2D eigenvalue weighted by Crippen LogP contribution is -2.37. The van der Waals surface area contributed by atoms with E-state index in [1.54, 1.807) is 22.3 Å². The van der Waals surface area contributed by atoms with Gasteiger partial charge < -0.3 is 18.9 Å². The fourth-order valence-corrected chi connectivity index (χ4v) is 16.9. The number of pyridine rings is 1. The highest BCUT2D eigenvalue weighted by Gasteiger charge is 2.43. The molecule has 5 heterocycles. The summed E-state index contributed by atoms with van der Waals surface area (Å²) in [6, 6.07) is 34.6. The maximum Gasteiger partial charge on any atom is 0.154 e. The molecule has 6 aromatic carbocycles. The van der Waals surface area contributed by atoms with Gasteiger partial charge in [-0.2, -0.15) is 0 Å². The fourth-order valence-electron chi connectivity index (χ4n) is 16.7. The molecule has 724 valence electrons. The molecule has 7 atom stereocenters. The Morgan fingerprint density at radius 1 is 0.310 bits per heavy atom. The minimum Gasteiger partial charge on any atom is -0.378 e. The third kappa shape index (κ3) is 49.0. The first-order valence-electron chi connectivity index (χ1n) is 51.3. The van der Waals surface area contributed by atoms with Crippen molar-refractivity contribution in [3.8, 4) is 0 Å². The van der Waals surface area contributed by atoms with Crippen molar-refractivity contribution in [1.29, 1.82) is 0 Å². The van der Waals surface area contributed by atoms with Crippen LogP contribution in [0.4, 0.5) is 0 Å². The summed E-state index contributed by atoms with van der Waals surface area (Å²) in [7, 11) is 0. The molecule has 3 aliphatic heterocycles. The largest absolute Gasteiger partial charge is 0.378 e. The highest BCUT2D eigenvalue weighted by atomic mass is 35.5. The average molecular weight is 1790 g/mol. The molecule has 7 fully saturated rings. The molecule has 4 saturated carbocycles. The van der Waals surface area contributed by atoms with Gasteiger partial charge in [-0.25, -0.2) is 9.97 Å². The van der Waals surface area contributed by atoms with Gasteiger partial charge in [-0.1, -0.05) is 285 Å². The molecule has 8 aromatic rings. The molecular weight excluding hydrogens is 1590 g/mol. The van der Waals surface area contributed by atoms with E-state index in [1.807, 2.05) is 108 Å². The van der Waals surface area contributed by atoms with E-state index in [4.69, 9.17) is 30.5 Å². The summed E-state index contributed by atoms with van der Waals surface area (Å²) >= 11 is 6.18. The molecule has 8 heteroatoms. The molecule has 0 spiro atoms. The van der Waals surface area contributed by atoms with Crippen LogP contribution in [-0.2, 0) is 31.8 Å². The lowest BCUT2D eigenvalue weighted by atomic mass is 9.55. The van der Waals surface area contributed by atoms with Crippen molar-refractivity contribution in [2.45, 2.75) is 415 Å². The number of aryl methyl sites for hydroxylation is 10. The molecule has 129 heavy (non-hydrogen) atoms. The smallest absolute Gasteiger partial charge is 0.154 e. The molecule has 7 aliphatic carbocycles. The number of fused-ring (bicyclic) bond motifs is 6. The molecule has 18 rings (SSSR count). The molecule has 0 radical (unpaired) electrons. The number of hydrogen-bond donors (Lipinski definition) is 0. The zero-order valence-electron chi connectivity index (χ0n) is 89.9. The van der Waals surface area contributed by atoms with E-state index in [1.165, 1.54) is 225 Å². The quantitative estimate of drug-likeness (QED) is 0.140. The maximum atomic E-state index is 6.18. The average Bonchev–Trinajstić information content (AvgIpc) is 0.782. The highest BCUT2D eigenvalue weighted by Crippen LogP contribution is 2.56. The number of hydrogen-bond acceptors (Lipinski definition) is 7. The number of ether oxygens (including phenoxy) is 4. The zero-order valence-corrected chi connectivity index (χ0v) is 90.7. The highest BCUT2D eigenvalue weighted by molar-refractivity contribution is 6.36. The van der Waals surface area contributed by atoms with Crippen LogP contribution in [0.25, 0.3) is 21.5 Å². The summed E-state index contributed by atoms with van der Waals surface area (Å²) in [5, 5.41) is 5.90. The summed E-state index contributed by atoms with van der Waals surface area (Å²) in [4.78, 5) is 12.0. The molecule has 2 bridgehead atoms. The third-order valence-electron chi connectivity index (χ3n) is 27.4. The molecule has 0 amide bonds. The van der Waals surface area contributed by atoms with Crippen molar-refractivity contribution >= 4 is 33.1 Å². The van der Waals surface area contributed by atoms with Crippen LogP contribution in [0.15, 0.2) is 139 Å². The lowest BCUT2D eigenvalue weighted by molar-refractivity contribution is -0.187. The Balaban J connectivity index is 0.000000473. The topological polar surface area (TPSA) is 75.6 Å². The molecular formula is C121H194ClN3O4. The van der Waals surface area contributed by atoms with Gasteiger partial charge >= 0.3 is 0 Å². The minimum atomic E-state index is 0.0196. The van der Waals surface area contributed by atoms with Gasteiger partial charge in [0.25, 0.3) is 0 Å². The van der Waals surface area contributed by atoms with Gasteiger partial charge in [-0.3, -0.25) is 4.98 Å². The molecule has 2 aromatic heterocycles. The van der Waals surface area contributed by atoms with Gasteiger partial charge in [-0.05, 0) is 396 Å². The Hall–Kier alpha value is -6.32. The van der Waals surface area contributed by atoms with Crippen LogP contribution in [0, 0.1) is 162 Å². The summed E-state index contributed by atoms with van der Waals surface area (Å²) in [6.07, 6.45) is 43.4. The van der Waals surface area contributed by atoms with E-state index in [0.29, 0.717) is 18.1 Å². The Kier molecular flexibility index (Phi) is 59.4. The first-order chi connectivity index (χ1) is 61.1. The molecule has 10 aliphatic rings. The van der Waals surface area contributed by atoms with E-state index in [2.05, 4.69) is 284 Å². The molecule has 0 N–H and O–H groups in total. The Labute approximate surface area is 800 Å². The van der Waals surface area contributed by atoms with E-state index in [-0.39, 0.29) is 6.29 Å². The van der Waals surface area contributed by atoms with Crippen LogP contribution in [0.2, 0.25) is 5.02 Å². The van der Waals surface area contributed by atoms with Gasteiger partial charge in [0.05, 0.1) is 30.4 Å². The molecule has 3 saturated heterocycles. The van der Waals surface area contributed by atoms with Crippen LogP contribution >= 0.6 is 11.6 Å². The number of rotatable bonds is 0. The summed E-state index contributed by atoms with van der Waals surface area (Å²) in [5.74, 6) is 7.81. The minimum absolute atomic E-state index is 0.0196. The Morgan fingerprint density at radius 3 is 1.00 bits per heavy atom. The van der Waals surface area contributed by atoms with Crippen molar-refractivity contribution < 1.29 is 18.9 Å². The Morgan fingerprint density at radius 2 is 0.659 bits per heavy atom. The van der Waals surface area contributed by atoms with Gasteiger partial charge in [0.15, 0.2) is 6.29 Å². The maximum absolute atomic E-state index is 6.18. The molecule has 7 unspecified atom stereocenters. The summed E-state index contributed by atoms with van der Waals surface area (Å²) in [5.41, 5.74) is 26.5. The first-order valence-corrected chi connectivity index (χ1v) is 51.6. The van der Waals surface area contributed by atoms with Crippen molar-refractivity contribution in [3.05, 3.63) is 239 Å². The fraction of sp³-hybridized carbons (Fsp3) is 0.628. The summed E-state index contributed by atoms with van der Waals surface area (Å²) in [6.45, 7) is 81.3. The predicted octanol–water partition coefficient (Wildman–Crippen LogP) is 36.5. The van der Waals surface area contributed by atoms with Crippen LogP contribution in [0.1, 0.15) is 375 Å². The van der Waals surface area contributed by atoms with Crippen LogP contribution < -0.4 is 0 Å². The molecule has 7 nitrogen and oxygen atoms in total. The number of halogens is 1. The second kappa shape index (κ2) is 64.6. The number of allylic oxidation sites excluding steroid dienone is 4. The van der Waals surface area contributed by atoms with Gasteiger partial charge in [-0.15, -0.1) is 0 Å². The normalized spacial score (nSPS) is 24.1. The number of benzene rings is 6. The SMILES string of the molecule is CC.CC.CC.CC12CCC(C)(CC1)CC2.CC1=CCC(C)CC1.CC1=CCC(C)CC1.CC1CCC(C)CC1.CC1CCC(C)OC1.CC1CCC(C)OC1.CC1COC(C)OC1.Cc1c(C)c(C)c(C)c(C)c1C.Cc1ccc(C)nc1.Cc1ccc2c(Cl)c(C)ccc2c1.Cc1ccc2c(c1)CCC(C)C2.Cc1ccc2cc(C)ccc2c1.Cc1cnc(C)nc1.